The zero-order chi connectivity index (χ0) is 33.3. The van der Waals surface area contributed by atoms with Gasteiger partial charge in [0.05, 0.1) is 39.0 Å². The number of primary amides is 1. The predicted octanol–water partition coefficient (Wildman–Crippen LogP) is 0.238. The van der Waals surface area contributed by atoms with E-state index in [4.69, 9.17) is 24.7 Å². The van der Waals surface area contributed by atoms with Gasteiger partial charge in [0.1, 0.15) is 29.7 Å². The quantitative estimate of drug-likeness (QED) is 0.122. The van der Waals surface area contributed by atoms with E-state index in [1.165, 1.54) is 0 Å². The normalized spacial score (nSPS) is 25.7. The first-order valence-corrected chi connectivity index (χ1v) is 16.1. The summed E-state index contributed by atoms with van der Waals surface area (Å²) in [4.78, 5) is 54.0. The second kappa shape index (κ2) is 16.5. The summed E-state index contributed by atoms with van der Waals surface area (Å²) >= 11 is 0. The molecule has 0 radical (unpaired) electrons. The zero-order valence-electron chi connectivity index (χ0n) is 27.0. The highest BCUT2D eigenvalue weighted by Gasteiger charge is 2.50. The summed E-state index contributed by atoms with van der Waals surface area (Å²) in [6.45, 7) is 6.49. The SMILES string of the molecule is COc1ccc(C[C@H](NC(=O)[C@H](C)NC(O)CN2CCOCC2)C(=O)N[C@@H](CC2CCC(OC(N)=O)CC2)C(=O)[C@@]2(C)CO2)cc1. The number of hydrogen-bond donors (Lipinski definition) is 5. The van der Waals surface area contributed by atoms with Crippen molar-refractivity contribution in [3.63, 3.8) is 0 Å². The lowest BCUT2D eigenvalue weighted by atomic mass is 9.81. The number of aliphatic hydroxyl groups is 1. The molecule has 1 aromatic rings. The molecule has 0 aromatic heterocycles. The van der Waals surface area contributed by atoms with Gasteiger partial charge in [-0.25, -0.2) is 4.79 Å². The summed E-state index contributed by atoms with van der Waals surface area (Å²) in [5, 5.41) is 19.3. The van der Waals surface area contributed by atoms with Crippen LogP contribution in [0.1, 0.15) is 51.5 Å². The first-order chi connectivity index (χ1) is 22.0. The highest BCUT2D eigenvalue weighted by Crippen LogP contribution is 2.34. The Labute approximate surface area is 270 Å². The maximum Gasteiger partial charge on any atom is 0.404 e. The number of Topliss-reactive ketones (excluding diaryl/α,β-unsaturated/α-hetero) is 1. The van der Waals surface area contributed by atoms with E-state index in [2.05, 4.69) is 16.0 Å². The van der Waals surface area contributed by atoms with E-state index in [0.29, 0.717) is 70.7 Å². The van der Waals surface area contributed by atoms with E-state index in [9.17, 15) is 24.3 Å². The van der Waals surface area contributed by atoms with E-state index in [1.807, 2.05) is 17.0 Å². The number of methoxy groups -OCH3 is 1. The van der Waals surface area contributed by atoms with Crippen LogP contribution in [0.4, 0.5) is 4.79 Å². The molecule has 3 aliphatic rings. The molecule has 0 bridgehead atoms. The van der Waals surface area contributed by atoms with Gasteiger partial charge in [-0.2, -0.15) is 0 Å². The molecule has 5 atom stereocenters. The van der Waals surface area contributed by atoms with Gasteiger partial charge in [-0.3, -0.25) is 24.6 Å². The van der Waals surface area contributed by atoms with Crippen LogP contribution in [0.3, 0.4) is 0 Å². The number of nitrogens with zero attached hydrogens (tertiary/aromatic N) is 1. The van der Waals surface area contributed by atoms with Gasteiger partial charge in [0.25, 0.3) is 0 Å². The number of ether oxygens (including phenoxy) is 4. The summed E-state index contributed by atoms with van der Waals surface area (Å²) in [7, 11) is 1.56. The van der Waals surface area contributed by atoms with Gasteiger partial charge >= 0.3 is 6.09 Å². The molecular weight excluding hydrogens is 598 g/mol. The summed E-state index contributed by atoms with van der Waals surface area (Å²) < 4.78 is 21.2. The number of nitrogens with one attached hydrogen (secondary N) is 3. The molecule has 14 nitrogen and oxygen atoms in total. The minimum atomic E-state index is -1.01. The van der Waals surface area contributed by atoms with Crippen LogP contribution in [0, 0.1) is 5.92 Å². The Balaban J connectivity index is 1.43. The smallest absolute Gasteiger partial charge is 0.404 e. The minimum absolute atomic E-state index is 0.108. The number of rotatable bonds is 16. The first kappa shape index (κ1) is 35.6. The van der Waals surface area contributed by atoms with Gasteiger partial charge in [-0.1, -0.05) is 12.1 Å². The second-order valence-corrected chi connectivity index (χ2v) is 12.7. The average molecular weight is 648 g/mol. The molecule has 1 unspecified atom stereocenters. The van der Waals surface area contributed by atoms with Crippen molar-refractivity contribution in [2.75, 3.05) is 46.6 Å². The number of ketones is 1. The fraction of sp³-hybridized carbons (Fsp3) is 0.688. The number of amides is 3. The fourth-order valence-corrected chi connectivity index (χ4v) is 6.05. The van der Waals surface area contributed by atoms with E-state index in [1.54, 1.807) is 33.1 Å². The topological polar surface area (TPSA) is 194 Å². The summed E-state index contributed by atoms with van der Waals surface area (Å²) in [5.41, 5.74) is 4.99. The Bertz CT molecular complexity index is 1180. The third kappa shape index (κ3) is 10.6. The highest BCUT2D eigenvalue weighted by atomic mass is 16.6. The number of aliphatic hydroxyl groups excluding tert-OH is 1. The van der Waals surface area contributed by atoms with Gasteiger partial charge in [-0.05, 0) is 69.6 Å². The fourth-order valence-electron chi connectivity index (χ4n) is 6.05. The van der Waals surface area contributed by atoms with Crippen LogP contribution in [0.15, 0.2) is 24.3 Å². The van der Waals surface area contributed by atoms with Gasteiger partial charge < -0.3 is 40.4 Å². The maximum atomic E-state index is 13.9. The number of carbonyl (C=O) groups excluding carboxylic acids is 4. The van der Waals surface area contributed by atoms with Crippen LogP contribution in [-0.2, 0) is 35.0 Å². The molecule has 2 saturated heterocycles. The maximum absolute atomic E-state index is 13.9. The van der Waals surface area contributed by atoms with Crippen molar-refractivity contribution in [3.05, 3.63) is 29.8 Å². The number of carbonyl (C=O) groups is 4. The largest absolute Gasteiger partial charge is 0.497 e. The Morgan fingerprint density at radius 3 is 2.26 bits per heavy atom. The monoisotopic (exact) mass is 647 g/mol. The van der Waals surface area contributed by atoms with Crippen molar-refractivity contribution in [1.29, 1.82) is 0 Å². The Kier molecular flexibility index (Phi) is 12.8. The lowest BCUT2D eigenvalue weighted by molar-refractivity contribution is -0.133. The first-order valence-electron chi connectivity index (χ1n) is 16.1. The van der Waals surface area contributed by atoms with Crippen LogP contribution in [0.2, 0.25) is 0 Å². The van der Waals surface area contributed by atoms with Gasteiger partial charge in [0.2, 0.25) is 11.8 Å². The lowest BCUT2D eigenvalue weighted by Gasteiger charge is -2.32. The van der Waals surface area contributed by atoms with Gasteiger partial charge in [0, 0.05) is 26.1 Å². The predicted molar refractivity (Wildman–Crippen MR) is 167 cm³/mol. The molecule has 0 spiro atoms. The molecule has 4 rings (SSSR count). The average Bonchev–Trinajstić information content (AvgIpc) is 3.79. The zero-order valence-corrected chi connectivity index (χ0v) is 27.0. The molecule has 3 fully saturated rings. The molecule has 3 amide bonds. The highest BCUT2D eigenvalue weighted by molar-refractivity contribution is 5.98. The molecule has 2 aliphatic heterocycles. The third-order valence-corrected chi connectivity index (χ3v) is 8.98. The number of benzene rings is 1. The third-order valence-electron chi connectivity index (χ3n) is 8.98. The molecule has 1 aliphatic carbocycles. The van der Waals surface area contributed by atoms with Crippen molar-refractivity contribution in [1.82, 2.24) is 20.9 Å². The number of epoxide rings is 1. The molecule has 14 heteroatoms. The molecule has 1 aromatic carbocycles. The van der Waals surface area contributed by atoms with Crippen LogP contribution >= 0.6 is 0 Å². The van der Waals surface area contributed by atoms with Crippen molar-refractivity contribution >= 4 is 23.7 Å². The molecular formula is C32H49N5O9. The summed E-state index contributed by atoms with van der Waals surface area (Å²) in [6, 6.07) is 4.52. The summed E-state index contributed by atoms with van der Waals surface area (Å²) in [6.07, 6.45) is 1.18. The summed E-state index contributed by atoms with van der Waals surface area (Å²) in [5.74, 6) is -0.426. The Morgan fingerprint density at radius 1 is 1.04 bits per heavy atom. The molecule has 1 saturated carbocycles. The van der Waals surface area contributed by atoms with E-state index < -0.39 is 47.9 Å². The lowest BCUT2D eigenvalue weighted by Crippen LogP contribution is -2.58. The van der Waals surface area contributed by atoms with Crippen molar-refractivity contribution in [3.8, 4) is 5.75 Å². The van der Waals surface area contributed by atoms with Gasteiger partial charge in [-0.15, -0.1) is 0 Å². The Hall–Kier alpha value is -3.30. The van der Waals surface area contributed by atoms with Crippen LogP contribution in [-0.4, -0.2) is 116 Å². The Morgan fingerprint density at radius 2 is 1.67 bits per heavy atom. The molecule has 6 N–H and O–H groups in total. The number of morpholine rings is 1. The van der Waals surface area contributed by atoms with Crippen LogP contribution in [0.5, 0.6) is 5.75 Å². The van der Waals surface area contributed by atoms with Gasteiger partial charge in [0.15, 0.2) is 5.78 Å². The number of nitrogens with two attached hydrogens (primary N) is 1. The molecule has 46 heavy (non-hydrogen) atoms. The van der Waals surface area contributed by atoms with Crippen molar-refractivity contribution < 1.29 is 43.2 Å². The number of hydrogen-bond acceptors (Lipinski definition) is 11. The van der Waals surface area contributed by atoms with E-state index >= 15 is 0 Å². The molecule has 2 heterocycles. The minimum Gasteiger partial charge on any atom is -0.497 e. The van der Waals surface area contributed by atoms with Crippen molar-refractivity contribution in [2.45, 2.75) is 88.4 Å². The van der Waals surface area contributed by atoms with E-state index in [0.717, 1.165) is 5.56 Å². The van der Waals surface area contributed by atoms with E-state index in [-0.39, 0.29) is 30.8 Å². The van der Waals surface area contributed by atoms with Crippen LogP contribution in [0.25, 0.3) is 0 Å². The van der Waals surface area contributed by atoms with Crippen molar-refractivity contribution in [2.24, 2.45) is 11.7 Å². The standard InChI is InChI=1S/C32H49N5O9/c1-20(34-27(38)18-37-12-14-44-15-13-37)29(40)36-26(17-22-4-8-23(43-3)9-5-22)30(41)35-25(28(39)32(2)19-45-32)16-21-6-10-24(11-7-21)46-31(33)42/h4-5,8-9,20-21,24-27,34,38H,6-7,10-19H2,1-3H3,(H2,33,42)(H,35,41)(H,36,40)/t20-,21?,24?,25-,26-,27?,32+/m0/s1. The second-order valence-electron chi connectivity index (χ2n) is 12.7. The number of β-amino-alcohol motifs (C(OH)–C–C–N with tert-alkyl or cyclic N) is 1. The molecule has 256 valence electrons. The van der Waals surface area contributed by atoms with Crippen LogP contribution < -0.4 is 26.4 Å².